The number of ether oxygens (including phenoxy) is 1. The molecule has 2 aromatic rings. The lowest BCUT2D eigenvalue weighted by Crippen LogP contribution is -2.48. The van der Waals surface area contributed by atoms with Crippen LogP contribution in [0.4, 0.5) is 4.39 Å². The molecule has 2 aliphatic heterocycles. The molecule has 30 heavy (non-hydrogen) atoms. The number of benzene rings is 2. The first-order valence-corrected chi connectivity index (χ1v) is 12.0. The zero-order valence-corrected chi connectivity index (χ0v) is 18.3. The number of sulfonamides is 1. The minimum atomic E-state index is -3.63. The Balaban J connectivity index is 1.61. The van der Waals surface area contributed by atoms with Crippen LogP contribution in [0.2, 0.25) is 0 Å². The molecule has 2 aromatic carbocycles. The zero-order valence-electron chi connectivity index (χ0n) is 17.5. The van der Waals surface area contributed by atoms with Crippen LogP contribution in [0.3, 0.4) is 0 Å². The van der Waals surface area contributed by atoms with E-state index in [1.807, 2.05) is 19.9 Å². The Kier molecular flexibility index (Phi) is 6.14. The Labute approximate surface area is 178 Å². The van der Waals surface area contributed by atoms with E-state index < -0.39 is 10.0 Å². The first kappa shape index (κ1) is 21.3. The van der Waals surface area contributed by atoms with E-state index in [-0.39, 0.29) is 28.8 Å². The predicted octanol–water partition coefficient (Wildman–Crippen LogP) is 3.90. The number of nitrogens with zero attached hydrogens (tertiary/aromatic N) is 2. The van der Waals surface area contributed by atoms with Gasteiger partial charge in [0.2, 0.25) is 10.0 Å². The predicted molar refractivity (Wildman–Crippen MR) is 114 cm³/mol. The van der Waals surface area contributed by atoms with Crippen LogP contribution in [0.15, 0.2) is 53.4 Å². The fourth-order valence-corrected chi connectivity index (χ4v) is 6.38. The Morgan fingerprint density at radius 1 is 1.07 bits per heavy atom. The van der Waals surface area contributed by atoms with E-state index >= 15 is 0 Å². The number of hydrogen-bond acceptors (Lipinski definition) is 4. The number of hydrogen-bond donors (Lipinski definition) is 0. The summed E-state index contributed by atoms with van der Waals surface area (Å²) in [6.07, 6.45) is 1.25. The second-order valence-electron chi connectivity index (χ2n) is 8.62. The summed E-state index contributed by atoms with van der Waals surface area (Å²) < 4.78 is 48.3. The van der Waals surface area contributed by atoms with Crippen molar-refractivity contribution in [3.8, 4) is 5.75 Å². The van der Waals surface area contributed by atoms with Crippen LogP contribution < -0.4 is 4.74 Å². The maximum Gasteiger partial charge on any atom is 0.247 e. The van der Waals surface area contributed by atoms with E-state index in [1.54, 1.807) is 34.6 Å². The highest BCUT2D eigenvalue weighted by Gasteiger charge is 2.43. The third kappa shape index (κ3) is 4.38. The summed E-state index contributed by atoms with van der Waals surface area (Å²) >= 11 is 0. The number of halogens is 1. The molecule has 0 N–H and O–H groups in total. The van der Waals surface area contributed by atoms with Crippen LogP contribution in [-0.2, 0) is 16.6 Å². The number of para-hydroxylation sites is 1. The summed E-state index contributed by atoms with van der Waals surface area (Å²) in [5.74, 6) is 0.425. The van der Waals surface area contributed by atoms with Gasteiger partial charge >= 0.3 is 0 Å². The molecule has 1 fully saturated rings. The van der Waals surface area contributed by atoms with Crippen molar-refractivity contribution >= 4 is 10.0 Å². The largest absolute Gasteiger partial charge is 0.487 e. The van der Waals surface area contributed by atoms with Crippen LogP contribution in [0, 0.1) is 11.7 Å². The molecule has 2 atom stereocenters. The summed E-state index contributed by atoms with van der Waals surface area (Å²) in [6.45, 7) is 6.84. The highest BCUT2D eigenvalue weighted by molar-refractivity contribution is 7.89. The standard InChI is InChI=1S/C23H29FN2O3S/c1-17(2)15-26-20-11-13-25(16-18-7-9-19(24)10-8-18)14-12-21(20)29-22-5-3-4-6-23(22)30(26,27)28/h3-10,17,20-21H,11-16H2,1-2H3/t20-,21-/m1/s1. The molecule has 0 amide bonds. The van der Waals surface area contributed by atoms with E-state index in [0.29, 0.717) is 25.3 Å². The van der Waals surface area contributed by atoms with Gasteiger partial charge in [-0.1, -0.05) is 38.1 Å². The van der Waals surface area contributed by atoms with Crippen molar-refractivity contribution in [1.29, 1.82) is 0 Å². The molecule has 0 radical (unpaired) electrons. The van der Waals surface area contributed by atoms with Crippen LogP contribution in [0.5, 0.6) is 5.75 Å². The Morgan fingerprint density at radius 2 is 1.77 bits per heavy atom. The molecule has 5 nitrogen and oxygen atoms in total. The van der Waals surface area contributed by atoms with Crippen LogP contribution in [0.1, 0.15) is 32.3 Å². The van der Waals surface area contributed by atoms with Crippen molar-refractivity contribution in [1.82, 2.24) is 9.21 Å². The third-order valence-corrected chi connectivity index (χ3v) is 7.78. The second kappa shape index (κ2) is 8.65. The number of likely N-dealkylation sites (tertiary alicyclic amines) is 1. The molecule has 0 saturated carbocycles. The van der Waals surface area contributed by atoms with Crippen molar-refractivity contribution in [3.63, 3.8) is 0 Å². The van der Waals surface area contributed by atoms with Crippen molar-refractivity contribution < 1.29 is 17.5 Å². The van der Waals surface area contributed by atoms with Gasteiger partial charge in [0.1, 0.15) is 22.6 Å². The summed E-state index contributed by atoms with van der Waals surface area (Å²) in [4.78, 5) is 2.57. The van der Waals surface area contributed by atoms with Gasteiger partial charge in [-0.3, -0.25) is 4.90 Å². The lowest BCUT2D eigenvalue weighted by molar-refractivity contribution is 0.108. The molecule has 4 rings (SSSR count). The van der Waals surface area contributed by atoms with Gasteiger partial charge in [-0.15, -0.1) is 0 Å². The first-order valence-electron chi connectivity index (χ1n) is 10.6. The third-order valence-electron chi connectivity index (χ3n) is 5.85. The minimum Gasteiger partial charge on any atom is -0.487 e. The van der Waals surface area contributed by atoms with Gasteiger partial charge in [0.15, 0.2) is 0 Å². The Morgan fingerprint density at radius 3 is 2.50 bits per heavy atom. The molecule has 162 valence electrons. The van der Waals surface area contributed by atoms with E-state index in [1.165, 1.54) is 12.1 Å². The van der Waals surface area contributed by atoms with Gasteiger partial charge < -0.3 is 4.74 Å². The van der Waals surface area contributed by atoms with Gasteiger partial charge in [-0.05, 0) is 48.6 Å². The van der Waals surface area contributed by atoms with Crippen molar-refractivity contribution in [2.24, 2.45) is 5.92 Å². The SMILES string of the molecule is CC(C)CN1[C@@H]2CCN(Cc3ccc(F)cc3)CC[C@H]2Oc2ccccc2S1(=O)=O. The summed E-state index contributed by atoms with van der Waals surface area (Å²) in [5, 5.41) is 0. The zero-order chi connectivity index (χ0) is 21.3. The minimum absolute atomic E-state index is 0.194. The van der Waals surface area contributed by atoms with Crippen LogP contribution >= 0.6 is 0 Å². The topological polar surface area (TPSA) is 49.9 Å². The molecule has 0 aliphatic carbocycles. The molecule has 1 saturated heterocycles. The molecular weight excluding hydrogens is 403 g/mol. The summed E-state index contributed by atoms with van der Waals surface area (Å²) in [5.41, 5.74) is 1.05. The number of rotatable bonds is 4. The molecule has 0 bridgehead atoms. The van der Waals surface area contributed by atoms with Crippen molar-refractivity contribution in [2.75, 3.05) is 19.6 Å². The quantitative estimate of drug-likeness (QED) is 0.735. The van der Waals surface area contributed by atoms with Crippen molar-refractivity contribution in [2.45, 2.75) is 50.3 Å². The molecule has 0 unspecified atom stereocenters. The van der Waals surface area contributed by atoms with E-state index in [9.17, 15) is 12.8 Å². The lowest BCUT2D eigenvalue weighted by Gasteiger charge is -2.32. The van der Waals surface area contributed by atoms with E-state index in [0.717, 1.165) is 25.1 Å². The molecular formula is C23H29FN2O3S. The maximum absolute atomic E-state index is 13.5. The van der Waals surface area contributed by atoms with Gasteiger partial charge in [-0.2, -0.15) is 4.31 Å². The van der Waals surface area contributed by atoms with Gasteiger partial charge in [-0.25, -0.2) is 12.8 Å². The van der Waals surface area contributed by atoms with Gasteiger partial charge in [0, 0.05) is 26.2 Å². The molecule has 0 spiro atoms. The smallest absolute Gasteiger partial charge is 0.247 e. The highest BCUT2D eigenvalue weighted by Crippen LogP contribution is 2.36. The normalized spacial score (nSPS) is 24.4. The van der Waals surface area contributed by atoms with E-state index in [2.05, 4.69) is 4.90 Å². The Hall–Kier alpha value is -1.96. The maximum atomic E-state index is 13.5. The summed E-state index contributed by atoms with van der Waals surface area (Å²) in [7, 11) is -3.63. The van der Waals surface area contributed by atoms with Gasteiger partial charge in [0.05, 0.1) is 6.04 Å². The second-order valence-corrected chi connectivity index (χ2v) is 10.5. The van der Waals surface area contributed by atoms with Crippen molar-refractivity contribution in [3.05, 3.63) is 59.9 Å². The molecule has 7 heteroatoms. The monoisotopic (exact) mass is 432 g/mol. The molecule has 0 aromatic heterocycles. The Bertz CT molecular complexity index is 978. The molecule has 2 heterocycles. The molecule has 2 aliphatic rings. The van der Waals surface area contributed by atoms with Crippen LogP contribution in [-0.4, -0.2) is 49.4 Å². The average Bonchev–Trinajstić information content (AvgIpc) is 2.94. The first-order chi connectivity index (χ1) is 14.3. The highest BCUT2D eigenvalue weighted by atomic mass is 32.2. The summed E-state index contributed by atoms with van der Waals surface area (Å²) in [6, 6.07) is 13.3. The fraction of sp³-hybridized carbons (Fsp3) is 0.478. The van der Waals surface area contributed by atoms with E-state index in [4.69, 9.17) is 4.74 Å². The number of fused-ring (bicyclic) bond motifs is 2. The average molecular weight is 433 g/mol. The lowest BCUT2D eigenvalue weighted by atomic mass is 10.0. The van der Waals surface area contributed by atoms with Crippen LogP contribution in [0.25, 0.3) is 0 Å². The van der Waals surface area contributed by atoms with Gasteiger partial charge in [0.25, 0.3) is 0 Å². The fourth-order valence-electron chi connectivity index (χ4n) is 4.41.